The number of amides is 1. The summed E-state index contributed by atoms with van der Waals surface area (Å²) in [4.78, 5) is 14.3. The van der Waals surface area contributed by atoms with Crippen LogP contribution in [-0.2, 0) is 4.79 Å². The van der Waals surface area contributed by atoms with Crippen molar-refractivity contribution < 1.29 is 4.79 Å². The predicted molar refractivity (Wildman–Crippen MR) is 98.6 cm³/mol. The third-order valence-electron chi connectivity index (χ3n) is 4.21. The molecule has 128 valence electrons. The molecule has 2 unspecified atom stereocenters. The van der Waals surface area contributed by atoms with Gasteiger partial charge in [-0.15, -0.1) is 0 Å². The molecule has 3 N–H and O–H groups in total. The van der Waals surface area contributed by atoms with Crippen molar-refractivity contribution in [2.75, 3.05) is 20.6 Å². The van der Waals surface area contributed by atoms with Gasteiger partial charge in [0, 0.05) is 19.0 Å². The molecular weight excluding hydrogens is 298 g/mol. The first kappa shape index (κ1) is 18.2. The standard InChI is InChI=1S/C20H27N3O/c1-15-9-11-17(12-10-15)19(23(2)3)14-22-20(24)13-18(21)16-7-5-4-6-8-16/h4-12,18-19H,13-14,21H2,1-3H3,(H,22,24). The summed E-state index contributed by atoms with van der Waals surface area (Å²) in [7, 11) is 4.04. The van der Waals surface area contributed by atoms with Gasteiger partial charge in [-0.1, -0.05) is 60.2 Å². The first-order chi connectivity index (χ1) is 11.5. The summed E-state index contributed by atoms with van der Waals surface area (Å²) < 4.78 is 0. The van der Waals surface area contributed by atoms with Crippen molar-refractivity contribution in [2.45, 2.75) is 25.4 Å². The Morgan fingerprint density at radius 3 is 2.25 bits per heavy atom. The minimum Gasteiger partial charge on any atom is -0.354 e. The number of hydrogen-bond acceptors (Lipinski definition) is 3. The highest BCUT2D eigenvalue weighted by molar-refractivity contribution is 5.76. The molecule has 0 aliphatic heterocycles. The normalized spacial score (nSPS) is 13.5. The summed E-state index contributed by atoms with van der Waals surface area (Å²) in [6.07, 6.45) is 0.290. The first-order valence-electron chi connectivity index (χ1n) is 8.27. The fraction of sp³-hybridized carbons (Fsp3) is 0.350. The predicted octanol–water partition coefficient (Wildman–Crippen LogP) is 2.80. The van der Waals surface area contributed by atoms with Crippen LogP contribution in [-0.4, -0.2) is 31.4 Å². The molecular formula is C20H27N3O. The molecule has 0 aromatic heterocycles. The molecule has 2 atom stereocenters. The average Bonchev–Trinajstić information content (AvgIpc) is 2.57. The summed E-state index contributed by atoms with van der Waals surface area (Å²) in [5, 5.41) is 3.02. The van der Waals surface area contributed by atoms with E-state index in [1.54, 1.807) is 0 Å². The quantitative estimate of drug-likeness (QED) is 0.823. The van der Waals surface area contributed by atoms with Gasteiger partial charge in [-0.05, 0) is 32.1 Å². The van der Waals surface area contributed by atoms with Crippen LogP contribution in [0.2, 0.25) is 0 Å². The SMILES string of the molecule is Cc1ccc(C(CNC(=O)CC(N)c2ccccc2)N(C)C)cc1. The van der Waals surface area contributed by atoms with Gasteiger partial charge in [0.2, 0.25) is 5.91 Å². The second kappa shape index (κ2) is 8.62. The van der Waals surface area contributed by atoms with Crippen molar-refractivity contribution in [3.8, 4) is 0 Å². The van der Waals surface area contributed by atoms with Gasteiger partial charge in [0.15, 0.2) is 0 Å². The highest BCUT2D eigenvalue weighted by Crippen LogP contribution is 2.18. The van der Waals surface area contributed by atoms with Crippen molar-refractivity contribution in [3.63, 3.8) is 0 Å². The molecule has 0 spiro atoms. The summed E-state index contributed by atoms with van der Waals surface area (Å²) in [5.74, 6) is -0.0229. The van der Waals surface area contributed by atoms with Gasteiger partial charge >= 0.3 is 0 Å². The molecule has 0 bridgehead atoms. The highest BCUT2D eigenvalue weighted by atomic mass is 16.1. The van der Waals surface area contributed by atoms with Crippen LogP contribution in [0.15, 0.2) is 54.6 Å². The molecule has 1 amide bonds. The third kappa shape index (κ3) is 5.18. The van der Waals surface area contributed by atoms with Crippen molar-refractivity contribution in [2.24, 2.45) is 5.73 Å². The number of hydrogen-bond donors (Lipinski definition) is 2. The van der Waals surface area contributed by atoms with Gasteiger partial charge in [0.1, 0.15) is 0 Å². The molecule has 0 saturated carbocycles. The van der Waals surface area contributed by atoms with Crippen LogP contribution in [0.5, 0.6) is 0 Å². The zero-order valence-corrected chi connectivity index (χ0v) is 14.7. The smallest absolute Gasteiger partial charge is 0.221 e. The van der Waals surface area contributed by atoms with E-state index in [9.17, 15) is 4.79 Å². The number of aryl methyl sites for hydroxylation is 1. The van der Waals surface area contributed by atoms with E-state index < -0.39 is 0 Å². The van der Waals surface area contributed by atoms with Crippen LogP contribution in [0, 0.1) is 6.92 Å². The lowest BCUT2D eigenvalue weighted by atomic mass is 10.0. The Kier molecular flexibility index (Phi) is 6.53. The number of nitrogens with two attached hydrogens (primary N) is 1. The maximum absolute atomic E-state index is 12.2. The van der Waals surface area contributed by atoms with Gasteiger partial charge in [0.25, 0.3) is 0 Å². The number of nitrogens with zero attached hydrogens (tertiary/aromatic N) is 1. The van der Waals surface area contributed by atoms with Crippen LogP contribution in [0.3, 0.4) is 0 Å². The monoisotopic (exact) mass is 325 g/mol. The Balaban J connectivity index is 1.92. The molecule has 0 saturated heterocycles. The Morgan fingerprint density at radius 2 is 1.67 bits per heavy atom. The van der Waals surface area contributed by atoms with E-state index in [0.717, 1.165) is 5.56 Å². The summed E-state index contributed by atoms with van der Waals surface area (Å²) in [6, 6.07) is 18.0. The lowest BCUT2D eigenvalue weighted by Crippen LogP contribution is -2.35. The number of carbonyl (C=O) groups excluding carboxylic acids is 1. The van der Waals surface area contributed by atoms with Crippen LogP contribution in [0.1, 0.15) is 35.2 Å². The van der Waals surface area contributed by atoms with E-state index in [1.165, 1.54) is 11.1 Å². The number of benzene rings is 2. The van der Waals surface area contributed by atoms with Crippen molar-refractivity contribution >= 4 is 5.91 Å². The first-order valence-corrected chi connectivity index (χ1v) is 8.27. The number of likely N-dealkylation sites (N-methyl/N-ethyl adjacent to an activating group) is 1. The Morgan fingerprint density at radius 1 is 1.04 bits per heavy atom. The molecule has 2 aromatic rings. The Labute approximate surface area is 144 Å². The van der Waals surface area contributed by atoms with Gasteiger partial charge in [-0.3, -0.25) is 4.79 Å². The Bertz CT molecular complexity index is 638. The minimum absolute atomic E-state index is 0.0229. The van der Waals surface area contributed by atoms with Gasteiger partial charge in [-0.2, -0.15) is 0 Å². The zero-order valence-electron chi connectivity index (χ0n) is 14.7. The largest absolute Gasteiger partial charge is 0.354 e. The summed E-state index contributed by atoms with van der Waals surface area (Å²) in [6.45, 7) is 2.64. The molecule has 24 heavy (non-hydrogen) atoms. The van der Waals surface area contributed by atoms with Crippen molar-refractivity contribution in [3.05, 3.63) is 71.3 Å². The van der Waals surface area contributed by atoms with Crippen LogP contribution in [0.25, 0.3) is 0 Å². The highest BCUT2D eigenvalue weighted by Gasteiger charge is 2.17. The topological polar surface area (TPSA) is 58.4 Å². The molecule has 2 aromatic carbocycles. The van der Waals surface area contributed by atoms with Crippen LogP contribution < -0.4 is 11.1 Å². The molecule has 0 radical (unpaired) electrons. The maximum Gasteiger partial charge on any atom is 0.221 e. The van der Waals surface area contributed by atoms with E-state index in [4.69, 9.17) is 5.73 Å². The second-order valence-electron chi connectivity index (χ2n) is 6.42. The number of nitrogens with one attached hydrogen (secondary N) is 1. The molecule has 4 heteroatoms. The van der Waals surface area contributed by atoms with Crippen molar-refractivity contribution in [1.29, 1.82) is 0 Å². The molecule has 0 fully saturated rings. The van der Waals surface area contributed by atoms with E-state index in [1.807, 2.05) is 44.4 Å². The van der Waals surface area contributed by atoms with E-state index in [0.29, 0.717) is 6.54 Å². The number of rotatable bonds is 7. The molecule has 0 aliphatic rings. The average molecular weight is 325 g/mol. The third-order valence-corrected chi connectivity index (χ3v) is 4.21. The number of carbonyl (C=O) groups is 1. The van der Waals surface area contributed by atoms with Crippen molar-refractivity contribution in [1.82, 2.24) is 10.2 Å². The van der Waals surface area contributed by atoms with E-state index in [2.05, 4.69) is 41.4 Å². The zero-order chi connectivity index (χ0) is 17.5. The minimum atomic E-state index is -0.275. The van der Waals surface area contributed by atoms with Crippen LogP contribution in [0.4, 0.5) is 0 Å². The summed E-state index contributed by atoms with van der Waals surface area (Å²) >= 11 is 0. The van der Waals surface area contributed by atoms with E-state index in [-0.39, 0.29) is 24.4 Å². The van der Waals surface area contributed by atoms with Crippen LogP contribution >= 0.6 is 0 Å². The van der Waals surface area contributed by atoms with Gasteiger partial charge in [0.05, 0.1) is 6.04 Å². The Hall–Kier alpha value is -2.17. The molecule has 0 aliphatic carbocycles. The van der Waals surface area contributed by atoms with Gasteiger partial charge < -0.3 is 16.0 Å². The van der Waals surface area contributed by atoms with Gasteiger partial charge in [-0.25, -0.2) is 0 Å². The summed E-state index contributed by atoms with van der Waals surface area (Å²) in [5.41, 5.74) is 9.52. The fourth-order valence-corrected chi connectivity index (χ4v) is 2.69. The molecule has 2 rings (SSSR count). The lowest BCUT2D eigenvalue weighted by molar-refractivity contribution is -0.121. The fourth-order valence-electron chi connectivity index (χ4n) is 2.69. The molecule has 4 nitrogen and oxygen atoms in total. The lowest BCUT2D eigenvalue weighted by Gasteiger charge is -2.25. The second-order valence-corrected chi connectivity index (χ2v) is 6.42. The maximum atomic E-state index is 12.2. The van der Waals surface area contributed by atoms with E-state index >= 15 is 0 Å². The molecule has 0 heterocycles.